The Hall–Kier alpha value is -0.330. The average molecular weight is 304 g/mol. The Morgan fingerprint density at radius 3 is 2.43 bits per heavy atom. The smallest absolute Gasteiger partial charge is 0.267 e. The van der Waals surface area contributed by atoms with E-state index in [1.807, 2.05) is 0 Å². The van der Waals surface area contributed by atoms with Gasteiger partial charge in [-0.1, -0.05) is 0 Å². The van der Waals surface area contributed by atoms with Gasteiger partial charge >= 0.3 is 0 Å². The third-order valence-electron chi connectivity index (χ3n) is 1.46. The fourth-order valence-electron chi connectivity index (χ4n) is 0.932. The van der Waals surface area contributed by atoms with Crippen molar-refractivity contribution in [2.24, 2.45) is 0 Å². The molecule has 0 atom stereocenters. The number of rotatable bonds is 2. The fourth-order valence-corrected chi connectivity index (χ4v) is 2.70. The van der Waals surface area contributed by atoms with Crippen LogP contribution in [0.2, 0.25) is 0 Å². The van der Waals surface area contributed by atoms with Crippen molar-refractivity contribution in [3.8, 4) is 5.75 Å². The van der Waals surface area contributed by atoms with Gasteiger partial charge in [0.05, 0.1) is 11.6 Å². The molecule has 0 N–H and O–H groups in total. The Bertz CT molecular complexity index is 460. The molecular weight excluding hydrogens is 298 g/mol. The van der Waals surface area contributed by atoms with Crippen LogP contribution in [0.3, 0.4) is 0 Å². The minimum absolute atomic E-state index is 0.139. The molecule has 1 aromatic carbocycles. The zero-order valence-electron chi connectivity index (χ0n) is 6.92. The van der Waals surface area contributed by atoms with E-state index < -0.39 is 19.8 Å². The molecule has 0 radical (unpaired) electrons. The van der Waals surface area contributed by atoms with Gasteiger partial charge in [-0.25, -0.2) is 12.8 Å². The molecule has 0 aliphatic heterocycles. The number of halogens is 3. The van der Waals surface area contributed by atoms with E-state index in [9.17, 15) is 12.8 Å². The molecule has 0 saturated carbocycles. The predicted molar refractivity (Wildman–Crippen MR) is 53.7 cm³/mol. The van der Waals surface area contributed by atoms with Crippen molar-refractivity contribution in [2.45, 2.75) is 4.90 Å². The minimum Gasteiger partial charge on any atom is -0.494 e. The Morgan fingerprint density at radius 1 is 1.50 bits per heavy atom. The molecule has 14 heavy (non-hydrogen) atoms. The molecule has 0 aromatic heterocycles. The van der Waals surface area contributed by atoms with Gasteiger partial charge in [0, 0.05) is 10.7 Å². The van der Waals surface area contributed by atoms with Crippen molar-refractivity contribution in [1.29, 1.82) is 0 Å². The fraction of sp³-hybridized carbons (Fsp3) is 0.143. The highest BCUT2D eigenvalue weighted by Crippen LogP contribution is 2.35. The Morgan fingerprint density at radius 2 is 2.07 bits per heavy atom. The van der Waals surface area contributed by atoms with Crippen molar-refractivity contribution >= 4 is 35.7 Å². The maximum absolute atomic E-state index is 13.1. The molecule has 0 saturated heterocycles. The summed E-state index contributed by atoms with van der Waals surface area (Å²) in [6.45, 7) is 0. The molecule has 3 nitrogen and oxygen atoms in total. The second kappa shape index (κ2) is 4.04. The van der Waals surface area contributed by atoms with E-state index in [1.54, 1.807) is 0 Å². The Balaban J connectivity index is 3.63. The number of methoxy groups -OCH3 is 1. The van der Waals surface area contributed by atoms with Crippen LogP contribution in [0, 0.1) is 5.82 Å². The van der Waals surface area contributed by atoms with Gasteiger partial charge in [0.1, 0.15) is 5.82 Å². The number of benzene rings is 1. The molecule has 0 aliphatic carbocycles. The Kier molecular flexibility index (Phi) is 3.39. The van der Waals surface area contributed by atoms with E-state index in [1.165, 1.54) is 13.2 Å². The largest absolute Gasteiger partial charge is 0.494 e. The summed E-state index contributed by atoms with van der Waals surface area (Å²) >= 11 is 3.02. The van der Waals surface area contributed by atoms with Gasteiger partial charge in [0.2, 0.25) is 0 Å². The van der Waals surface area contributed by atoms with Crippen LogP contribution in [0.1, 0.15) is 0 Å². The topological polar surface area (TPSA) is 43.4 Å². The summed E-state index contributed by atoms with van der Waals surface area (Å²) in [5.41, 5.74) is 0. The van der Waals surface area contributed by atoms with Gasteiger partial charge in [0.15, 0.2) is 10.6 Å². The lowest BCUT2D eigenvalue weighted by Crippen LogP contribution is -2.00. The predicted octanol–water partition coefficient (Wildman–Crippen LogP) is 2.52. The van der Waals surface area contributed by atoms with Crippen LogP contribution < -0.4 is 4.74 Å². The highest BCUT2D eigenvalue weighted by atomic mass is 79.9. The van der Waals surface area contributed by atoms with Crippen LogP contribution in [0.5, 0.6) is 5.75 Å². The van der Waals surface area contributed by atoms with Crippen LogP contribution in [-0.2, 0) is 9.05 Å². The van der Waals surface area contributed by atoms with Crippen molar-refractivity contribution < 1.29 is 17.5 Å². The lowest BCUT2D eigenvalue weighted by Gasteiger charge is -2.08. The first-order valence-electron chi connectivity index (χ1n) is 3.34. The Labute approximate surface area is 93.4 Å². The first-order chi connectivity index (χ1) is 6.38. The minimum atomic E-state index is -4.16. The van der Waals surface area contributed by atoms with Crippen LogP contribution >= 0.6 is 26.6 Å². The van der Waals surface area contributed by atoms with Crippen molar-refractivity contribution in [2.75, 3.05) is 7.11 Å². The van der Waals surface area contributed by atoms with Gasteiger partial charge in [-0.15, -0.1) is 0 Å². The summed E-state index contributed by atoms with van der Waals surface area (Å²) in [5.74, 6) is -1.08. The number of hydrogen-bond acceptors (Lipinski definition) is 3. The molecular formula is C7H5BrClFO3S. The maximum atomic E-state index is 13.1. The molecule has 1 rings (SSSR count). The summed E-state index contributed by atoms with van der Waals surface area (Å²) in [7, 11) is 2.12. The lowest BCUT2D eigenvalue weighted by molar-refractivity contribution is 0.392. The molecule has 0 heterocycles. The van der Waals surface area contributed by atoms with Crippen molar-refractivity contribution in [3.63, 3.8) is 0 Å². The SMILES string of the molecule is COc1c(Br)ccc(F)c1S(=O)(=O)Cl. The maximum Gasteiger partial charge on any atom is 0.267 e. The van der Waals surface area contributed by atoms with Gasteiger partial charge in [-0.3, -0.25) is 0 Å². The number of hydrogen-bond donors (Lipinski definition) is 0. The standard InChI is InChI=1S/C7H5BrClFO3S/c1-13-6-4(8)2-3-5(10)7(6)14(9,11)12/h2-3H,1H3. The molecule has 0 bridgehead atoms. The number of ether oxygens (including phenoxy) is 1. The molecule has 78 valence electrons. The second-order valence-electron chi connectivity index (χ2n) is 2.33. The van der Waals surface area contributed by atoms with Gasteiger partial charge in [-0.2, -0.15) is 0 Å². The van der Waals surface area contributed by atoms with E-state index in [0.717, 1.165) is 6.07 Å². The normalized spacial score (nSPS) is 11.4. The van der Waals surface area contributed by atoms with Crippen LogP contribution in [0.4, 0.5) is 4.39 Å². The van der Waals surface area contributed by atoms with E-state index >= 15 is 0 Å². The molecule has 0 unspecified atom stereocenters. The second-order valence-corrected chi connectivity index (χ2v) is 5.69. The molecule has 0 fully saturated rings. The third-order valence-corrected chi connectivity index (χ3v) is 3.42. The zero-order valence-corrected chi connectivity index (χ0v) is 10.1. The zero-order chi connectivity index (χ0) is 10.9. The molecule has 0 spiro atoms. The van der Waals surface area contributed by atoms with E-state index in [-0.39, 0.29) is 5.75 Å². The van der Waals surface area contributed by atoms with Crippen LogP contribution in [0.15, 0.2) is 21.5 Å². The first kappa shape index (κ1) is 11.7. The molecule has 7 heteroatoms. The summed E-state index contributed by atoms with van der Waals surface area (Å²) in [4.78, 5) is -0.656. The summed E-state index contributed by atoms with van der Waals surface area (Å²) < 4.78 is 40.2. The van der Waals surface area contributed by atoms with Crippen molar-refractivity contribution in [3.05, 3.63) is 22.4 Å². The lowest BCUT2D eigenvalue weighted by atomic mass is 10.3. The summed E-state index contributed by atoms with van der Waals surface area (Å²) in [6.07, 6.45) is 0. The van der Waals surface area contributed by atoms with Crippen LogP contribution in [-0.4, -0.2) is 15.5 Å². The molecule has 0 amide bonds. The first-order valence-corrected chi connectivity index (χ1v) is 6.45. The van der Waals surface area contributed by atoms with Crippen LogP contribution in [0.25, 0.3) is 0 Å². The molecule has 1 aromatic rings. The third kappa shape index (κ3) is 2.18. The highest BCUT2D eigenvalue weighted by Gasteiger charge is 2.23. The molecule has 0 aliphatic rings. The summed E-state index contributed by atoms with van der Waals surface area (Å²) in [5, 5.41) is 0. The van der Waals surface area contributed by atoms with E-state index in [2.05, 4.69) is 15.9 Å². The van der Waals surface area contributed by atoms with Gasteiger partial charge in [0.25, 0.3) is 9.05 Å². The van der Waals surface area contributed by atoms with Crippen molar-refractivity contribution in [1.82, 2.24) is 0 Å². The summed E-state index contributed by atoms with van der Waals surface area (Å²) in [6, 6.07) is 2.32. The van der Waals surface area contributed by atoms with Gasteiger partial charge < -0.3 is 4.74 Å². The average Bonchev–Trinajstić information content (AvgIpc) is 2.06. The monoisotopic (exact) mass is 302 g/mol. The highest BCUT2D eigenvalue weighted by molar-refractivity contribution is 9.10. The van der Waals surface area contributed by atoms with E-state index in [0.29, 0.717) is 4.47 Å². The van der Waals surface area contributed by atoms with Gasteiger partial charge in [-0.05, 0) is 28.1 Å². The quantitative estimate of drug-likeness (QED) is 0.789. The van der Waals surface area contributed by atoms with E-state index in [4.69, 9.17) is 15.4 Å².